The number of hydrogen-bond donors (Lipinski definition) is 2. The van der Waals surface area contributed by atoms with E-state index in [1.165, 1.54) is 0 Å². The summed E-state index contributed by atoms with van der Waals surface area (Å²) >= 11 is 0. The van der Waals surface area contributed by atoms with E-state index in [2.05, 4.69) is 5.16 Å². The predicted octanol–water partition coefficient (Wildman–Crippen LogP) is -0.816. The molecule has 0 unspecified atom stereocenters. The highest BCUT2D eigenvalue weighted by molar-refractivity contribution is 5.76. The molecule has 66 valence electrons. The van der Waals surface area contributed by atoms with Gasteiger partial charge in [-0.2, -0.15) is 0 Å². The molecule has 3 N–H and O–H groups in total. The van der Waals surface area contributed by atoms with E-state index in [-0.39, 0.29) is 5.96 Å². The van der Waals surface area contributed by atoms with E-state index in [4.69, 9.17) is 10.9 Å². The first-order chi connectivity index (χ1) is 5.07. The Kier molecular flexibility index (Phi) is 4.36. The number of likely N-dealkylation sites (N-methyl/N-ethyl adjacent to an activating group) is 2. The fraction of sp³-hybridized carbons (Fsp3) is 0.833. The molecule has 0 radical (unpaired) electrons. The maximum atomic E-state index is 8.28. The molecule has 0 bridgehead atoms. The molecule has 0 saturated carbocycles. The van der Waals surface area contributed by atoms with Gasteiger partial charge in [-0.1, -0.05) is 5.16 Å². The summed E-state index contributed by atoms with van der Waals surface area (Å²) in [5, 5.41) is 11.1. The van der Waals surface area contributed by atoms with Crippen LogP contribution >= 0.6 is 0 Å². The molecule has 0 fully saturated rings. The molecule has 5 heteroatoms. The Morgan fingerprint density at radius 3 is 2.27 bits per heavy atom. The van der Waals surface area contributed by atoms with Crippen molar-refractivity contribution in [2.24, 2.45) is 10.9 Å². The van der Waals surface area contributed by atoms with Crippen molar-refractivity contribution in [3.8, 4) is 0 Å². The number of oxime groups is 1. The lowest BCUT2D eigenvalue weighted by Gasteiger charge is -2.18. The van der Waals surface area contributed by atoms with Crippen molar-refractivity contribution in [1.82, 2.24) is 9.80 Å². The maximum Gasteiger partial charge on any atom is 0.233 e. The van der Waals surface area contributed by atoms with Crippen LogP contribution in [-0.2, 0) is 0 Å². The van der Waals surface area contributed by atoms with Crippen LogP contribution in [-0.4, -0.2) is 55.2 Å². The topological polar surface area (TPSA) is 65.1 Å². The van der Waals surface area contributed by atoms with Crippen molar-refractivity contribution in [1.29, 1.82) is 0 Å². The average Bonchev–Trinajstić information content (AvgIpc) is 1.98. The second-order valence-corrected chi connectivity index (χ2v) is 2.68. The van der Waals surface area contributed by atoms with Gasteiger partial charge >= 0.3 is 0 Å². The normalized spacial score (nSPS) is 12.2. The van der Waals surface area contributed by atoms with Gasteiger partial charge in [0, 0.05) is 20.1 Å². The lowest BCUT2D eigenvalue weighted by molar-refractivity contribution is 0.297. The summed E-state index contributed by atoms with van der Waals surface area (Å²) in [6.45, 7) is 1.63. The van der Waals surface area contributed by atoms with Gasteiger partial charge in [0.1, 0.15) is 0 Å². The molecule has 0 saturated heterocycles. The third-order valence-corrected chi connectivity index (χ3v) is 1.38. The van der Waals surface area contributed by atoms with Crippen molar-refractivity contribution in [3.05, 3.63) is 0 Å². The Labute approximate surface area is 67.1 Å². The summed E-state index contributed by atoms with van der Waals surface area (Å²) in [6.07, 6.45) is 0. The van der Waals surface area contributed by atoms with Gasteiger partial charge in [-0.3, -0.25) is 0 Å². The van der Waals surface area contributed by atoms with Crippen LogP contribution in [0.25, 0.3) is 0 Å². The minimum atomic E-state index is 0.145. The number of hydrogen-bond acceptors (Lipinski definition) is 3. The van der Waals surface area contributed by atoms with Crippen LogP contribution in [0.3, 0.4) is 0 Å². The maximum absolute atomic E-state index is 8.28. The smallest absolute Gasteiger partial charge is 0.233 e. The molecular formula is C6H16N4O. The second-order valence-electron chi connectivity index (χ2n) is 2.68. The number of guanidine groups is 1. The minimum absolute atomic E-state index is 0.145. The summed E-state index contributed by atoms with van der Waals surface area (Å²) in [5.41, 5.74) is 5.31. The molecule has 0 heterocycles. The zero-order chi connectivity index (χ0) is 8.85. The van der Waals surface area contributed by atoms with E-state index in [0.29, 0.717) is 0 Å². The van der Waals surface area contributed by atoms with E-state index >= 15 is 0 Å². The molecule has 0 spiro atoms. The molecule has 5 nitrogen and oxygen atoms in total. The molecule has 0 atom stereocenters. The Balaban J connectivity index is 3.61. The lowest BCUT2D eigenvalue weighted by atomic mass is 10.5. The van der Waals surface area contributed by atoms with Gasteiger partial charge < -0.3 is 20.7 Å². The van der Waals surface area contributed by atoms with E-state index in [1.54, 1.807) is 11.9 Å². The number of rotatable bonds is 3. The molecule has 0 aliphatic rings. The van der Waals surface area contributed by atoms with Gasteiger partial charge in [-0.25, -0.2) is 0 Å². The van der Waals surface area contributed by atoms with Crippen LogP contribution < -0.4 is 5.73 Å². The Bertz CT molecular complexity index is 135. The molecule has 0 aromatic carbocycles. The first-order valence-corrected chi connectivity index (χ1v) is 3.41. The van der Waals surface area contributed by atoms with Crippen LogP contribution in [0.5, 0.6) is 0 Å². The predicted molar refractivity (Wildman–Crippen MR) is 44.6 cm³/mol. The molecular weight excluding hydrogens is 144 g/mol. The molecule has 11 heavy (non-hydrogen) atoms. The van der Waals surface area contributed by atoms with Gasteiger partial charge in [0.15, 0.2) is 0 Å². The van der Waals surface area contributed by atoms with Crippen molar-refractivity contribution in [2.75, 3.05) is 34.2 Å². The van der Waals surface area contributed by atoms with Gasteiger partial charge in [0.05, 0.1) is 0 Å². The van der Waals surface area contributed by atoms with Crippen molar-refractivity contribution < 1.29 is 5.21 Å². The molecule has 0 aromatic heterocycles. The average molecular weight is 160 g/mol. The zero-order valence-electron chi connectivity index (χ0n) is 7.28. The third-order valence-electron chi connectivity index (χ3n) is 1.38. The monoisotopic (exact) mass is 160 g/mol. The van der Waals surface area contributed by atoms with E-state index in [0.717, 1.165) is 13.1 Å². The van der Waals surface area contributed by atoms with Crippen LogP contribution in [0.1, 0.15) is 0 Å². The van der Waals surface area contributed by atoms with Crippen LogP contribution in [0, 0.1) is 0 Å². The van der Waals surface area contributed by atoms with E-state index in [9.17, 15) is 0 Å². The second kappa shape index (κ2) is 4.79. The van der Waals surface area contributed by atoms with E-state index in [1.807, 2.05) is 19.0 Å². The quantitative estimate of drug-likeness (QED) is 0.245. The molecule has 0 rings (SSSR count). The minimum Gasteiger partial charge on any atom is -0.408 e. The van der Waals surface area contributed by atoms with Gasteiger partial charge in [-0.15, -0.1) is 0 Å². The summed E-state index contributed by atoms with van der Waals surface area (Å²) in [4.78, 5) is 3.71. The highest BCUT2D eigenvalue weighted by atomic mass is 16.4. The standard InChI is InChI=1S/C6H16N4O/c1-9(2)4-5-10(3)6(7)8-11/h11H,4-5H2,1-3H3,(H2,7,8). The number of nitrogens with two attached hydrogens (primary N) is 1. The highest BCUT2D eigenvalue weighted by Gasteiger charge is 2.00. The fourth-order valence-corrected chi connectivity index (χ4v) is 0.541. The van der Waals surface area contributed by atoms with Crippen molar-refractivity contribution >= 4 is 5.96 Å². The number of nitrogens with zero attached hydrogens (tertiary/aromatic N) is 3. The summed E-state index contributed by atoms with van der Waals surface area (Å²) in [5.74, 6) is 0.145. The van der Waals surface area contributed by atoms with Crippen LogP contribution in [0.2, 0.25) is 0 Å². The Hall–Kier alpha value is -0.970. The van der Waals surface area contributed by atoms with Gasteiger partial charge in [0.25, 0.3) is 0 Å². The molecule has 0 aliphatic carbocycles. The molecule has 0 amide bonds. The lowest BCUT2D eigenvalue weighted by Crippen LogP contribution is -2.38. The van der Waals surface area contributed by atoms with Crippen LogP contribution in [0.4, 0.5) is 0 Å². The Morgan fingerprint density at radius 2 is 1.91 bits per heavy atom. The SMILES string of the molecule is CN(C)CCN(C)/C(N)=N/O. The first kappa shape index (κ1) is 10.0. The summed E-state index contributed by atoms with van der Waals surface area (Å²) in [6, 6.07) is 0. The summed E-state index contributed by atoms with van der Waals surface area (Å²) in [7, 11) is 5.72. The van der Waals surface area contributed by atoms with Gasteiger partial charge in [-0.05, 0) is 14.1 Å². The largest absolute Gasteiger partial charge is 0.408 e. The molecule has 0 aromatic rings. The van der Waals surface area contributed by atoms with Crippen molar-refractivity contribution in [2.45, 2.75) is 0 Å². The highest BCUT2D eigenvalue weighted by Crippen LogP contribution is 1.82. The third kappa shape index (κ3) is 4.44. The van der Waals surface area contributed by atoms with Gasteiger partial charge in [0.2, 0.25) is 5.96 Å². The Morgan fingerprint density at radius 1 is 1.36 bits per heavy atom. The first-order valence-electron chi connectivity index (χ1n) is 3.41. The fourth-order valence-electron chi connectivity index (χ4n) is 0.541. The summed E-state index contributed by atoms with van der Waals surface area (Å²) < 4.78 is 0. The zero-order valence-corrected chi connectivity index (χ0v) is 7.28. The molecule has 0 aliphatic heterocycles. The van der Waals surface area contributed by atoms with Crippen LogP contribution in [0.15, 0.2) is 5.16 Å². The van der Waals surface area contributed by atoms with E-state index < -0.39 is 0 Å². The van der Waals surface area contributed by atoms with Crippen molar-refractivity contribution in [3.63, 3.8) is 0 Å².